The first-order valence-electron chi connectivity index (χ1n) is 7.63. The fourth-order valence-corrected chi connectivity index (χ4v) is 4.69. The molecule has 0 aromatic heterocycles. The van der Waals surface area contributed by atoms with Crippen LogP contribution in [0.15, 0.2) is 53.0 Å². The molecule has 0 radical (unpaired) electrons. The van der Waals surface area contributed by atoms with Gasteiger partial charge in [-0.3, -0.25) is 0 Å². The van der Waals surface area contributed by atoms with Crippen molar-refractivity contribution in [3.63, 3.8) is 0 Å². The average molecular weight is 375 g/mol. The summed E-state index contributed by atoms with van der Waals surface area (Å²) < 4.78 is 1.17. The van der Waals surface area contributed by atoms with Gasteiger partial charge in [0.25, 0.3) is 0 Å². The van der Waals surface area contributed by atoms with E-state index in [1.165, 1.54) is 26.9 Å². The van der Waals surface area contributed by atoms with Gasteiger partial charge in [0.05, 0.1) is 6.04 Å². The molecule has 1 N–H and O–H groups in total. The number of hydrogen-bond acceptors (Lipinski definition) is 1. The highest BCUT2D eigenvalue weighted by molar-refractivity contribution is 9.10. The van der Waals surface area contributed by atoms with Crippen molar-refractivity contribution in [3.05, 3.63) is 74.7 Å². The van der Waals surface area contributed by atoms with E-state index in [9.17, 15) is 0 Å². The topological polar surface area (TPSA) is 12.0 Å². The van der Waals surface area contributed by atoms with Gasteiger partial charge in [0.2, 0.25) is 0 Å². The summed E-state index contributed by atoms with van der Waals surface area (Å²) >= 11 is 10.0. The van der Waals surface area contributed by atoms with Gasteiger partial charge in [-0.2, -0.15) is 0 Å². The zero-order valence-corrected chi connectivity index (χ0v) is 14.7. The van der Waals surface area contributed by atoms with E-state index in [0.717, 1.165) is 11.4 Å². The van der Waals surface area contributed by atoms with Gasteiger partial charge < -0.3 is 5.32 Å². The number of nitrogens with one attached hydrogen (secondary N) is 1. The number of allylic oxidation sites excluding steroid dienone is 2. The standard InChI is InChI=1S/C19H17BrClN/c1-11-9-12(21)10-16-13-6-4-7-14(13)19(22-18(11)16)15-5-2-3-8-17(15)20/h2-6,8-10,13-14,19,22H,7H2,1H3/t13-,14-,19-/m0/s1. The summed E-state index contributed by atoms with van der Waals surface area (Å²) in [4.78, 5) is 0. The Morgan fingerprint density at radius 1 is 1.18 bits per heavy atom. The van der Waals surface area contributed by atoms with E-state index in [2.05, 4.69) is 70.7 Å². The van der Waals surface area contributed by atoms with E-state index in [1.54, 1.807) is 0 Å². The second-order valence-electron chi connectivity index (χ2n) is 6.18. The number of rotatable bonds is 1. The molecule has 0 spiro atoms. The summed E-state index contributed by atoms with van der Waals surface area (Å²) in [6.45, 7) is 2.13. The molecule has 0 fully saturated rings. The van der Waals surface area contributed by atoms with E-state index in [4.69, 9.17) is 11.6 Å². The largest absolute Gasteiger partial charge is 0.377 e. The Morgan fingerprint density at radius 3 is 2.82 bits per heavy atom. The first-order valence-corrected chi connectivity index (χ1v) is 8.80. The van der Waals surface area contributed by atoms with Crippen LogP contribution in [0.3, 0.4) is 0 Å². The zero-order chi connectivity index (χ0) is 15.3. The van der Waals surface area contributed by atoms with Crippen LogP contribution in [0.2, 0.25) is 5.02 Å². The van der Waals surface area contributed by atoms with E-state index in [0.29, 0.717) is 17.9 Å². The fraction of sp³-hybridized carbons (Fsp3) is 0.263. The van der Waals surface area contributed by atoms with Gasteiger partial charge in [-0.15, -0.1) is 0 Å². The Labute approximate surface area is 144 Å². The van der Waals surface area contributed by atoms with Gasteiger partial charge in [0.1, 0.15) is 0 Å². The van der Waals surface area contributed by atoms with E-state index in [-0.39, 0.29) is 0 Å². The lowest BCUT2D eigenvalue weighted by Gasteiger charge is -2.38. The highest BCUT2D eigenvalue weighted by atomic mass is 79.9. The van der Waals surface area contributed by atoms with E-state index < -0.39 is 0 Å². The van der Waals surface area contributed by atoms with Crippen LogP contribution in [-0.4, -0.2) is 0 Å². The molecule has 0 amide bonds. The SMILES string of the molecule is Cc1cc(Cl)cc2c1N[C@H](c1ccccc1Br)[C@H]1CC=C[C@H]21. The van der Waals surface area contributed by atoms with Crippen molar-refractivity contribution in [1.82, 2.24) is 0 Å². The predicted octanol–water partition coefficient (Wildman–Crippen LogP) is 6.24. The Morgan fingerprint density at radius 2 is 2.00 bits per heavy atom. The lowest BCUT2D eigenvalue weighted by atomic mass is 9.76. The molecule has 0 bridgehead atoms. The van der Waals surface area contributed by atoms with Crippen molar-refractivity contribution < 1.29 is 0 Å². The van der Waals surface area contributed by atoms with E-state index >= 15 is 0 Å². The third kappa shape index (κ3) is 2.21. The average Bonchev–Trinajstić information content (AvgIpc) is 2.97. The van der Waals surface area contributed by atoms with Gasteiger partial charge in [0.15, 0.2) is 0 Å². The number of halogens is 2. The molecule has 1 heterocycles. The Bertz CT molecular complexity index is 768. The van der Waals surface area contributed by atoms with Crippen molar-refractivity contribution in [2.24, 2.45) is 5.92 Å². The van der Waals surface area contributed by atoms with Gasteiger partial charge in [0, 0.05) is 21.1 Å². The van der Waals surface area contributed by atoms with E-state index in [1.807, 2.05) is 6.07 Å². The fourth-order valence-electron chi connectivity index (χ4n) is 3.88. The van der Waals surface area contributed by atoms with Crippen LogP contribution < -0.4 is 5.32 Å². The minimum atomic E-state index is 0.322. The van der Waals surface area contributed by atoms with Crippen LogP contribution in [0.5, 0.6) is 0 Å². The summed E-state index contributed by atoms with van der Waals surface area (Å²) in [5, 5.41) is 4.62. The molecular formula is C19H17BrClN. The number of aryl methyl sites for hydroxylation is 1. The number of hydrogen-bond donors (Lipinski definition) is 1. The number of benzene rings is 2. The van der Waals surface area contributed by atoms with Crippen molar-refractivity contribution in [2.75, 3.05) is 5.32 Å². The zero-order valence-electron chi connectivity index (χ0n) is 12.3. The number of anilines is 1. The molecule has 112 valence electrons. The van der Waals surface area contributed by atoms with Gasteiger partial charge in [-0.25, -0.2) is 0 Å². The summed E-state index contributed by atoms with van der Waals surface area (Å²) in [6.07, 6.45) is 5.77. The van der Waals surface area contributed by atoms with Crippen LogP contribution in [0.4, 0.5) is 5.69 Å². The minimum Gasteiger partial charge on any atom is -0.377 e. The maximum Gasteiger partial charge on any atom is 0.0565 e. The normalized spacial score (nSPS) is 25.5. The molecule has 4 rings (SSSR count). The molecule has 3 atom stereocenters. The molecular weight excluding hydrogens is 358 g/mol. The van der Waals surface area contributed by atoms with Crippen molar-refractivity contribution in [3.8, 4) is 0 Å². The quantitative estimate of drug-likeness (QED) is 0.583. The summed E-state index contributed by atoms with van der Waals surface area (Å²) in [5.74, 6) is 0.995. The summed E-state index contributed by atoms with van der Waals surface area (Å²) in [7, 11) is 0. The Kier molecular flexibility index (Phi) is 3.54. The monoisotopic (exact) mass is 373 g/mol. The predicted molar refractivity (Wildman–Crippen MR) is 96.7 cm³/mol. The molecule has 3 heteroatoms. The third-order valence-corrected chi connectivity index (χ3v) is 5.81. The highest BCUT2D eigenvalue weighted by Crippen LogP contribution is 2.52. The van der Waals surface area contributed by atoms with Crippen LogP contribution >= 0.6 is 27.5 Å². The first kappa shape index (κ1) is 14.3. The van der Waals surface area contributed by atoms with Crippen LogP contribution in [0.1, 0.15) is 35.1 Å². The lowest BCUT2D eigenvalue weighted by Crippen LogP contribution is -2.29. The molecule has 2 aromatic carbocycles. The molecule has 0 saturated carbocycles. The molecule has 1 nitrogen and oxygen atoms in total. The molecule has 1 aliphatic heterocycles. The minimum absolute atomic E-state index is 0.322. The second kappa shape index (κ2) is 5.43. The second-order valence-corrected chi connectivity index (χ2v) is 7.47. The lowest BCUT2D eigenvalue weighted by molar-refractivity contribution is 0.424. The Hall–Kier alpha value is -1.25. The van der Waals surface area contributed by atoms with Gasteiger partial charge in [-0.1, -0.05) is 57.9 Å². The molecule has 0 saturated heterocycles. The molecule has 22 heavy (non-hydrogen) atoms. The summed E-state index contributed by atoms with van der Waals surface area (Å²) in [6, 6.07) is 13.0. The van der Waals surface area contributed by atoms with Crippen molar-refractivity contribution in [1.29, 1.82) is 0 Å². The van der Waals surface area contributed by atoms with Crippen molar-refractivity contribution in [2.45, 2.75) is 25.3 Å². The van der Waals surface area contributed by atoms with Crippen LogP contribution in [-0.2, 0) is 0 Å². The molecule has 0 unspecified atom stereocenters. The maximum atomic E-state index is 6.29. The van der Waals surface area contributed by atoms with Gasteiger partial charge in [-0.05, 0) is 54.2 Å². The van der Waals surface area contributed by atoms with Gasteiger partial charge >= 0.3 is 0 Å². The first-order chi connectivity index (χ1) is 10.6. The van der Waals surface area contributed by atoms with Crippen molar-refractivity contribution >= 4 is 33.2 Å². The third-order valence-electron chi connectivity index (χ3n) is 4.87. The molecule has 2 aromatic rings. The summed E-state index contributed by atoms with van der Waals surface area (Å²) in [5.41, 5.74) is 5.14. The smallest absolute Gasteiger partial charge is 0.0565 e. The number of fused-ring (bicyclic) bond motifs is 3. The Balaban J connectivity index is 1.86. The maximum absolute atomic E-state index is 6.29. The van der Waals surface area contributed by atoms with Crippen LogP contribution in [0.25, 0.3) is 0 Å². The van der Waals surface area contributed by atoms with Crippen LogP contribution in [0, 0.1) is 12.8 Å². The molecule has 1 aliphatic carbocycles. The molecule has 2 aliphatic rings. The highest BCUT2D eigenvalue weighted by Gasteiger charge is 2.39.